The maximum absolute atomic E-state index is 12.0. The summed E-state index contributed by atoms with van der Waals surface area (Å²) in [6.07, 6.45) is -0.0348. The topological polar surface area (TPSA) is 88.5 Å². The maximum Gasteiger partial charge on any atom is 0.309 e. The van der Waals surface area contributed by atoms with E-state index < -0.39 is 5.97 Å². The molecule has 0 spiro atoms. The molecule has 1 heterocycles. The molecule has 0 radical (unpaired) electrons. The highest BCUT2D eigenvalue weighted by atomic mass is 32.1. The first-order valence-corrected chi connectivity index (χ1v) is 7.04. The molecule has 0 aliphatic rings. The number of amides is 1. The Morgan fingerprint density at radius 3 is 2.81 bits per heavy atom. The fourth-order valence-corrected chi connectivity index (χ4v) is 2.54. The molecule has 0 bridgehead atoms. The molecule has 1 amide bonds. The Hall–Kier alpha value is -2.41. The summed E-state index contributed by atoms with van der Waals surface area (Å²) in [5, 5.41) is 13.7. The van der Waals surface area contributed by atoms with Crippen molar-refractivity contribution in [2.75, 3.05) is 12.4 Å². The van der Waals surface area contributed by atoms with Crippen LogP contribution in [0.25, 0.3) is 0 Å². The van der Waals surface area contributed by atoms with E-state index in [1.165, 1.54) is 18.4 Å². The highest BCUT2D eigenvalue weighted by molar-refractivity contribution is 7.09. The van der Waals surface area contributed by atoms with Crippen LogP contribution in [0.4, 0.5) is 5.69 Å². The number of carboxylic acids is 1. The minimum atomic E-state index is -0.940. The van der Waals surface area contributed by atoms with Crippen LogP contribution in [0.1, 0.15) is 10.7 Å². The van der Waals surface area contributed by atoms with Crippen molar-refractivity contribution in [2.24, 2.45) is 0 Å². The van der Waals surface area contributed by atoms with E-state index in [2.05, 4.69) is 10.3 Å². The third kappa shape index (κ3) is 4.28. The summed E-state index contributed by atoms with van der Waals surface area (Å²) in [5.74, 6) is -0.586. The Bertz CT molecular complexity index is 654. The molecule has 7 heteroatoms. The number of carbonyl (C=O) groups excluding carboxylic acids is 1. The Morgan fingerprint density at radius 1 is 1.33 bits per heavy atom. The standard InChI is InChI=1S/C14H14N2O4S/c1-20-11-5-3-2-4-10(11)16-12(17)7-13-15-9(8-21-13)6-14(18)19/h2-5,8H,6-7H2,1H3,(H,16,17)(H,18,19). The summed E-state index contributed by atoms with van der Waals surface area (Å²) in [7, 11) is 1.53. The first-order valence-electron chi connectivity index (χ1n) is 6.16. The summed E-state index contributed by atoms with van der Waals surface area (Å²) >= 11 is 1.27. The summed E-state index contributed by atoms with van der Waals surface area (Å²) in [6, 6.07) is 7.11. The van der Waals surface area contributed by atoms with Crippen LogP contribution in [0.3, 0.4) is 0 Å². The van der Waals surface area contributed by atoms with Gasteiger partial charge < -0.3 is 15.2 Å². The fourth-order valence-electron chi connectivity index (χ4n) is 1.75. The van der Waals surface area contributed by atoms with E-state index >= 15 is 0 Å². The molecule has 0 aliphatic heterocycles. The summed E-state index contributed by atoms with van der Waals surface area (Å²) < 4.78 is 5.15. The number of methoxy groups -OCH3 is 1. The molecule has 0 fully saturated rings. The average Bonchev–Trinajstić information content (AvgIpc) is 2.85. The van der Waals surface area contributed by atoms with E-state index in [0.29, 0.717) is 22.1 Å². The number of para-hydroxylation sites is 2. The second-order valence-corrected chi connectivity index (χ2v) is 5.17. The highest BCUT2D eigenvalue weighted by Crippen LogP contribution is 2.23. The number of rotatable bonds is 6. The Labute approximate surface area is 125 Å². The van der Waals surface area contributed by atoms with Crippen molar-refractivity contribution in [1.82, 2.24) is 4.98 Å². The molecule has 1 aromatic carbocycles. The van der Waals surface area contributed by atoms with Gasteiger partial charge in [-0.1, -0.05) is 12.1 Å². The zero-order valence-corrected chi connectivity index (χ0v) is 12.1. The molecular formula is C14H14N2O4S. The summed E-state index contributed by atoms with van der Waals surface area (Å²) in [4.78, 5) is 26.7. The number of hydrogen-bond donors (Lipinski definition) is 2. The lowest BCUT2D eigenvalue weighted by molar-refractivity contribution is -0.136. The zero-order valence-electron chi connectivity index (χ0n) is 11.3. The van der Waals surface area contributed by atoms with Crippen molar-refractivity contribution < 1.29 is 19.4 Å². The van der Waals surface area contributed by atoms with E-state index in [1.54, 1.807) is 23.6 Å². The number of aliphatic carboxylic acids is 1. The van der Waals surface area contributed by atoms with Gasteiger partial charge in [-0.05, 0) is 12.1 Å². The van der Waals surface area contributed by atoms with Crippen LogP contribution in [0.5, 0.6) is 5.75 Å². The number of carboxylic acid groups (broad SMARTS) is 1. The van der Waals surface area contributed by atoms with Crippen LogP contribution in [-0.2, 0) is 22.4 Å². The van der Waals surface area contributed by atoms with Gasteiger partial charge in [0.25, 0.3) is 0 Å². The molecule has 6 nitrogen and oxygen atoms in total. The van der Waals surface area contributed by atoms with Gasteiger partial charge in [0.1, 0.15) is 10.8 Å². The number of carbonyl (C=O) groups is 2. The van der Waals surface area contributed by atoms with Gasteiger partial charge in [-0.15, -0.1) is 11.3 Å². The van der Waals surface area contributed by atoms with E-state index in [0.717, 1.165) is 0 Å². The van der Waals surface area contributed by atoms with Crippen molar-refractivity contribution >= 4 is 28.9 Å². The van der Waals surface area contributed by atoms with Gasteiger partial charge in [0, 0.05) is 5.38 Å². The number of benzene rings is 1. The number of anilines is 1. The Kier molecular flexibility index (Phi) is 4.89. The zero-order chi connectivity index (χ0) is 15.2. The van der Waals surface area contributed by atoms with Crippen LogP contribution >= 0.6 is 11.3 Å². The van der Waals surface area contributed by atoms with Gasteiger partial charge in [-0.2, -0.15) is 0 Å². The predicted octanol–water partition coefficient (Wildman–Crippen LogP) is 1.96. The van der Waals surface area contributed by atoms with Crippen molar-refractivity contribution in [1.29, 1.82) is 0 Å². The monoisotopic (exact) mass is 306 g/mol. The third-order valence-corrected chi connectivity index (χ3v) is 3.52. The predicted molar refractivity (Wildman–Crippen MR) is 78.8 cm³/mol. The molecule has 0 unspecified atom stereocenters. The lowest BCUT2D eigenvalue weighted by Crippen LogP contribution is -2.15. The first-order chi connectivity index (χ1) is 10.1. The number of thiazole rings is 1. The first kappa shape index (κ1) is 15.0. The summed E-state index contributed by atoms with van der Waals surface area (Å²) in [5.41, 5.74) is 1.06. The molecule has 0 saturated heterocycles. The fraction of sp³-hybridized carbons (Fsp3) is 0.214. The molecule has 0 aliphatic carbocycles. The molecule has 2 aromatic rings. The van der Waals surface area contributed by atoms with Crippen LogP contribution in [0.2, 0.25) is 0 Å². The van der Waals surface area contributed by atoms with Crippen molar-refractivity contribution in [2.45, 2.75) is 12.8 Å². The average molecular weight is 306 g/mol. The minimum Gasteiger partial charge on any atom is -0.495 e. The SMILES string of the molecule is COc1ccccc1NC(=O)Cc1nc(CC(=O)O)cs1. The van der Waals surface area contributed by atoms with Gasteiger partial charge in [-0.3, -0.25) is 9.59 Å². The number of nitrogens with one attached hydrogen (secondary N) is 1. The number of nitrogens with zero attached hydrogens (tertiary/aromatic N) is 1. The lowest BCUT2D eigenvalue weighted by Gasteiger charge is -2.08. The van der Waals surface area contributed by atoms with Gasteiger partial charge in [0.2, 0.25) is 5.91 Å². The number of ether oxygens (including phenoxy) is 1. The number of aromatic nitrogens is 1. The minimum absolute atomic E-state index is 0.0995. The van der Waals surface area contributed by atoms with E-state index in [9.17, 15) is 9.59 Å². The lowest BCUT2D eigenvalue weighted by atomic mass is 10.3. The van der Waals surface area contributed by atoms with E-state index in [4.69, 9.17) is 9.84 Å². The largest absolute Gasteiger partial charge is 0.495 e. The smallest absolute Gasteiger partial charge is 0.309 e. The van der Waals surface area contributed by atoms with Crippen LogP contribution in [0.15, 0.2) is 29.6 Å². The normalized spacial score (nSPS) is 10.1. The summed E-state index contributed by atoms with van der Waals surface area (Å²) in [6.45, 7) is 0. The van der Waals surface area contributed by atoms with Crippen molar-refractivity contribution in [3.63, 3.8) is 0 Å². The Balaban J connectivity index is 1.98. The van der Waals surface area contributed by atoms with Crippen LogP contribution in [0, 0.1) is 0 Å². The molecule has 21 heavy (non-hydrogen) atoms. The second kappa shape index (κ2) is 6.85. The van der Waals surface area contributed by atoms with Crippen LogP contribution < -0.4 is 10.1 Å². The molecule has 2 N–H and O–H groups in total. The van der Waals surface area contributed by atoms with Crippen molar-refractivity contribution in [3.05, 3.63) is 40.3 Å². The van der Waals surface area contributed by atoms with E-state index in [-0.39, 0.29) is 18.7 Å². The Morgan fingerprint density at radius 2 is 2.10 bits per heavy atom. The van der Waals surface area contributed by atoms with Crippen molar-refractivity contribution in [3.8, 4) is 5.75 Å². The molecular weight excluding hydrogens is 292 g/mol. The molecule has 1 aromatic heterocycles. The van der Waals surface area contributed by atoms with Gasteiger partial charge in [-0.25, -0.2) is 4.98 Å². The molecule has 2 rings (SSSR count). The molecule has 0 saturated carbocycles. The third-order valence-electron chi connectivity index (χ3n) is 2.62. The number of hydrogen-bond acceptors (Lipinski definition) is 5. The van der Waals surface area contributed by atoms with E-state index in [1.807, 2.05) is 6.07 Å². The molecule has 110 valence electrons. The maximum atomic E-state index is 12.0. The van der Waals surface area contributed by atoms with Gasteiger partial charge >= 0.3 is 5.97 Å². The second-order valence-electron chi connectivity index (χ2n) is 4.23. The van der Waals surface area contributed by atoms with Crippen LogP contribution in [-0.4, -0.2) is 29.1 Å². The van der Waals surface area contributed by atoms with Gasteiger partial charge in [0.05, 0.1) is 31.3 Å². The van der Waals surface area contributed by atoms with Gasteiger partial charge in [0.15, 0.2) is 0 Å². The highest BCUT2D eigenvalue weighted by Gasteiger charge is 2.11. The quantitative estimate of drug-likeness (QED) is 0.851. The molecule has 0 atom stereocenters.